The van der Waals surface area contributed by atoms with E-state index in [4.69, 9.17) is 16.3 Å². The molecule has 0 radical (unpaired) electrons. The van der Waals surface area contributed by atoms with Crippen LogP contribution in [0.25, 0.3) is 0 Å². The molecule has 1 saturated heterocycles. The Morgan fingerprint density at radius 2 is 1.80 bits per heavy atom. The smallest absolute Gasteiger partial charge is 0.255 e. The van der Waals surface area contributed by atoms with E-state index in [1.807, 2.05) is 0 Å². The van der Waals surface area contributed by atoms with Crippen LogP contribution in [-0.4, -0.2) is 69.9 Å². The molecule has 3 rings (SSSR count). The van der Waals surface area contributed by atoms with E-state index < -0.39 is 15.8 Å². The van der Waals surface area contributed by atoms with Crippen molar-refractivity contribution >= 4 is 27.5 Å². The van der Waals surface area contributed by atoms with Crippen molar-refractivity contribution in [3.63, 3.8) is 0 Å². The Kier molecular flexibility index (Phi) is 7.30. The van der Waals surface area contributed by atoms with Gasteiger partial charge in [-0.2, -0.15) is 4.31 Å². The molecule has 1 N–H and O–H groups in total. The summed E-state index contributed by atoms with van der Waals surface area (Å²) >= 11 is 5.96. The largest absolute Gasteiger partial charge is 0.496 e. The van der Waals surface area contributed by atoms with E-state index in [2.05, 4.69) is 10.2 Å². The summed E-state index contributed by atoms with van der Waals surface area (Å²) in [6, 6.07) is 9.66. The van der Waals surface area contributed by atoms with Crippen LogP contribution in [0.3, 0.4) is 0 Å². The number of nitrogens with zero attached hydrogens (tertiary/aromatic N) is 2. The molecule has 2 aromatic rings. The van der Waals surface area contributed by atoms with Gasteiger partial charge in [0, 0.05) is 44.3 Å². The zero-order valence-electron chi connectivity index (χ0n) is 16.5. The zero-order valence-corrected chi connectivity index (χ0v) is 18.0. The first-order valence-corrected chi connectivity index (χ1v) is 11.2. The lowest BCUT2D eigenvalue weighted by atomic mass is 10.2. The Morgan fingerprint density at radius 1 is 1.13 bits per heavy atom. The molecule has 1 aliphatic rings. The first kappa shape index (κ1) is 22.5. The van der Waals surface area contributed by atoms with Gasteiger partial charge in [-0.25, -0.2) is 12.8 Å². The van der Waals surface area contributed by atoms with E-state index >= 15 is 0 Å². The molecular formula is C20H23ClFN3O4S. The summed E-state index contributed by atoms with van der Waals surface area (Å²) in [6.07, 6.45) is 0. The van der Waals surface area contributed by atoms with Gasteiger partial charge in [-0.1, -0.05) is 11.6 Å². The molecule has 0 spiro atoms. The summed E-state index contributed by atoms with van der Waals surface area (Å²) < 4.78 is 45.0. The Bertz CT molecular complexity index is 994. The number of sulfonamides is 1. The second kappa shape index (κ2) is 9.74. The van der Waals surface area contributed by atoms with E-state index in [1.165, 1.54) is 23.5 Å². The number of nitrogens with one attached hydrogen (secondary N) is 1. The molecule has 1 amide bonds. The summed E-state index contributed by atoms with van der Waals surface area (Å²) in [6.45, 7) is 2.72. The first-order valence-electron chi connectivity index (χ1n) is 9.41. The van der Waals surface area contributed by atoms with E-state index in [0.29, 0.717) is 55.6 Å². The van der Waals surface area contributed by atoms with Crippen LogP contribution in [0.2, 0.25) is 5.02 Å². The molecule has 0 aromatic heterocycles. The number of methoxy groups -OCH3 is 1. The lowest BCUT2D eigenvalue weighted by molar-refractivity contribution is 0.0942. The topological polar surface area (TPSA) is 79.0 Å². The van der Waals surface area contributed by atoms with Gasteiger partial charge in [0.25, 0.3) is 5.91 Å². The number of carbonyl (C=O) groups is 1. The number of halogens is 2. The average molecular weight is 456 g/mol. The van der Waals surface area contributed by atoms with Gasteiger partial charge < -0.3 is 10.1 Å². The van der Waals surface area contributed by atoms with Crippen molar-refractivity contribution in [2.45, 2.75) is 4.90 Å². The minimum absolute atomic E-state index is 0.0834. The quantitative estimate of drug-likeness (QED) is 0.692. The van der Waals surface area contributed by atoms with Gasteiger partial charge in [0.05, 0.1) is 17.6 Å². The van der Waals surface area contributed by atoms with Gasteiger partial charge in [0.2, 0.25) is 10.0 Å². The number of ether oxygens (including phenoxy) is 1. The van der Waals surface area contributed by atoms with Crippen molar-refractivity contribution in [3.8, 4) is 5.75 Å². The van der Waals surface area contributed by atoms with E-state index in [0.717, 1.165) is 12.1 Å². The number of hydrogen-bond donors (Lipinski definition) is 1. The maximum absolute atomic E-state index is 13.1. The van der Waals surface area contributed by atoms with Gasteiger partial charge in [-0.3, -0.25) is 9.69 Å². The number of rotatable bonds is 7. The molecule has 1 aliphatic heterocycles. The molecule has 2 aromatic carbocycles. The minimum Gasteiger partial charge on any atom is -0.496 e. The van der Waals surface area contributed by atoms with Crippen molar-refractivity contribution in [1.29, 1.82) is 0 Å². The van der Waals surface area contributed by atoms with Crippen molar-refractivity contribution < 1.29 is 22.3 Å². The lowest BCUT2D eigenvalue weighted by Gasteiger charge is -2.34. The summed E-state index contributed by atoms with van der Waals surface area (Å²) in [7, 11) is -2.15. The Hall–Kier alpha value is -2.20. The molecule has 0 unspecified atom stereocenters. The number of benzene rings is 2. The highest BCUT2D eigenvalue weighted by Crippen LogP contribution is 2.22. The molecule has 162 valence electrons. The highest BCUT2D eigenvalue weighted by atomic mass is 35.5. The summed E-state index contributed by atoms with van der Waals surface area (Å²) in [5, 5.41) is 3.28. The second-order valence-electron chi connectivity index (χ2n) is 6.80. The number of hydrogen-bond acceptors (Lipinski definition) is 5. The van der Waals surface area contributed by atoms with Crippen molar-refractivity contribution in [2.24, 2.45) is 0 Å². The number of carbonyl (C=O) groups excluding carboxylic acids is 1. The standard InChI is InChI=1S/C20H23ClFN3O4S/c1-29-19-7-2-15(21)14-18(19)20(26)23-8-9-24-10-12-25(13-11-24)30(27,28)17-5-3-16(22)4-6-17/h2-7,14H,8-13H2,1H3,(H,23,26). The van der Waals surface area contributed by atoms with E-state index in [-0.39, 0.29) is 10.8 Å². The average Bonchev–Trinajstić information content (AvgIpc) is 2.74. The zero-order chi connectivity index (χ0) is 21.7. The maximum atomic E-state index is 13.1. The first-order chi connectivity index (χ1) is 14.3. The van der Waals surface area contributed by atoms with Crippen molar-refractivity contribution in [2.75, 3.05) is 46.4 Å². The van der Waals surface area contributed by atoms with Crippen LogP contribution >= 0.6 is 11.6 Å². The maximum Gasteiger partial charge on any atom is 0.255 e. The van der Waals surface area contributed by atoms with Crippen LogP contribution in [0.5, 0.6) is 5.75 Å². The third-order valence-corrected chi connectivity index (χ3v) is 7.05. The molecule has 0 atom stereocenters. The van der Waals surface area contributed by atoms with Crippen molar-refractivity contribution in [3.05, 3.63) is 58.9 Å². The highest BCUT2D eigenvalue weighted by molar-refractivity contribution is 7.89. The van der Waals surface area contributed by atoms with Crippen LogP contribution in [-0.2, 0) is 10.0 Å². The second-order valence-corrected chi connectivity index (χ2v) is 9.17. The third kappa shape index (κ3) is 5.28. The van der Waals surface area contributed by atoms with E-state index in [1.54, 1.807) is 18.2 Å². The predicted octanol–water partition coefficient (Wildman–Crippen LogP) is 2.22. The summed E-state index contributed by atoms with van der Waals surface area (Å²) in [5.74, 6) is -0.320. The van der Waals surface area contributed by atoms with E-state index in [9.17, 15) is 17.6 Å². The highest BCUT2D eigenvalue weighted by Gasteiger charge is 2.28. The van der Waals surface area contributed by atoms with Gasteiger partial charge in [-0.05, 0) is 42.5 Å². The summed E-state index contributed by atoms with van der Waals surface area (Å²) in [5.41, 5.74) is 0.361. The molecular weight excluding hydrogens is 433 g/mol. The fraction of sp³-hybridized carbons (Fsp3) is 0.350. The third-order valence-electron chi connectivity index (χ3n) is 4.90. The van der Waals surface area contributed by atoms with Crippen LogP contribution in [0, 0.1) is 5.82 Å². The number of piperazine rings is 1. The molecule has 0 aliphatic carbocycles. The summed E-state index contributed by atoms with van der Waals surface area (Å²) in [4.78, 5) is 14.6. The molecule has 0 bridgehead atoms. The van der Waals surface area contributed by atoms with Gasteiger partial charge in [-0.15, -0.1) is 0 Å². The molecule has 1 fully saturated rings. The SMILES string of the molecule is COc1ccc(Cl)cc1C(=O)NCCN1CCN(S(=O)(=O)c2ccc(F)cc2)CC1. The molecule has 0 saturated carbocycles. The molecule has 10 heteroatoms. The normalized spacial score (nSPS) is 15.7. The Balaban J connectivity index is 1.49. The van der Waals surface area contributed by atoms with Gasteiger partial charge in [0.15, 0.2) is 0 Å². The minimum atomic E-state index is -3.64. The lowest BCUT2D eigenvalue weighted by Crippen LogP contribution is -2.50. The van der Waals surface area contributed by atoms with Crippen molar-refractivity contribution in [1.82, 2.24) is 14.5 Å². The Labute approximate surface area is 180 Å². The number of amides is 1. The van der Waals surface area contributed by atoms with Crippen LogP contribution in [0.15, 0.2) is 47.4 Å². The molecule has 30 heavy (non-hydrogen) atoms. The van der Waals surface area contributed by atoms with Crippen LogP contribution < -0.4 is 10.1 Å². The van der Waals surface area contributed by atoms with Gasteiger partial charge in [0.1, 0.15) is 11.6 Å². The monoisotopic (exact) mass is 455 g/mol. The van der Waals surface area contributed by atoms with Crippen LogP contribution in [0.1, 0.15) is 10.4 Å². The Morgan fingerprint density at radius 3 is 2.43 bits per heavy atom. The molecule has 1 heterocycles. The fourth-order valence-corrected chi connectivity index (χ4v) is 4.82. The molecule has 7 nitrogen and oxygen atoms in total. The van der Waals surface area contributed by atoms with Crippen LogP contribution in [0.4, 0.5) is 4.39 Å². The predicted molar refractivity (Wildman–Crippen MR) is 112 cm³/mol. The van der Waals surface area contributed by atoms with Gasteiger partial charge >= 0.3 is 0 Å². The fourth-order valence-electron chi connectivity index (χ4n) is 3.23.